The summed E-state index contributed by atoms with van der Waals surface area (Å²) in [6, 6.07) is -0.794. The lowest BCUT2D eigenvalue weighted by molar-refractivity contribution is -0.870. The fourth-order valence-corrected chi connectivity index (χ4v) is 10.3. The molecule has 0 aliphatic heterocycles. The molecule has 2 N–H and O–H groups in total. The number of phosphoric acid groups is 1. The number of aliphatic hydroxyl groups is 1. The zero-order valence-corrected chi connectivity index (χ0v) is 47.5. The Balaban J connectivity index is 3.94. The SMILES string of the molecule is CCCCCCCCCCCCCCCCCCCCCCCCCCCCCCCCCCC(=O)NC(COP(=O)([O-])OCC[N+](C)(C)C)C(O)CCCCCCCCCCCCCCCC. The molecule has 0 aliphatic carbocycles. The highest BCUT2D eigenvalue weighted by atomic mass is 31.2. The molecule has 0 saturated heterocycles. The minimum Gasteiger partial charge on any atom is -0.756 e. The van der Waals surface area contributed by atoms with Gasteiger partial charge in [0.25, 0.3) is 7.82 Å². The normalized spacial score (nSPS) is 13.8. The summed E-state index contributed by atoms with van der Waals surface area (Å²) in [7, 11) is 1.32. The molecule has 0 aromatic rings. The molecule has 0 spiro atoms. The summed E-state index contributed by atoms with van der Waals surface area (Å²) in [5.41, 5.74) is 0. The molecule has 0 saturated carbocycles. The van der Waals surface area contributed by atoms with Gasteiger partial charge < -0.3 is 28.8 Å². The third kappa shape index (κ3) is 53.3. The van der Waals surface area contributed by atoms with Crippen LogP contribution in [0.1, 0.15) is 322 Å². The van der Waals surface area contributed by atoms with Crippen LogP contribution >= 0.6 is 7.82 Å². The zero-order chi connectivity index (χ0) is 49.9. The van der Waals surface area contributed by atoms with E-state index in [-0.39, 0.29) is 19.1 Å². The Bertz CT molecular complexity index is 1070. The molecule has 8 nitrogen and oxygen atoms in total. The lowest BCUT2D eigenvalue weighted by Gasteiger charge is -2.30. The number of phosphoric ester groups is 1. The number of aliphatic hydroxyl groups excluding tert-OH is 1. The second-order valence-corrected chi connectivity index (χ2v) is 23.8. The lowest BCUT2D eigenvalue weighted by atomic mass is 10.0. The van der Waals surface area contributed by atoms with E-state index in [0.717, 1.165) is 38.5 Å². The number of rotatable bonds is 57. The molecule has 0 radical (unpaired) electrons. The molecule has 3 atom stereocenters. The van der Waals surface area contributed by atoms with Crippen molar-refractivity contribution in [3.8, 4) is 0 Å². The van der Waals surface area contributed by atoms with Gasteiger partial charge in [-0.2, -0.15) is 0 Å². The molecule has 0 fully saturated rings. The van der Waals surface area contributed by atoms with E-state index in [0.29, 0.717) is 23.9 Å². The summed E-state index contributed by atoms with van der Waals surface area (Å²) >= 11 is 0. The fourth-order valence-electron chi connectivity index (χ4n) is 9.57. The van der Waals surface area contributed by atoms with E-state index in [1.165, 1.54) is 257 Å². The van der Waals surface area contributed by atoms with E-state index < -0.39 is 20.0 Å². The van der Waals surface area contributed by atoms with Crippen LogP contribution in [0.15, 0.2) is 0 Å². The summed E-state index contributed by atoms with van der Waals surface area (Å²) in [5, 5.41) is 14.0. The van der Waals surface area contributed by atoms with Gasteiger partial charge in [-0.25, -0.2) is 0 Å². The maximum Gasteiger partial charge on any atom is 0.268 e. The minimum absolute atomic E-state index is 0.0165. The molecule has 0 rings (SSSR count). The minimum atomic E-state index is -4.56. The molecule has 1 amide bonds. The van der Waals surface area contributed by atoms with Gasteiger partial charge in [-0.1, -0.05) is 303 Å². The van der Waals surface area contributed by atoms with E-state index in [4.69, 9.17) is 9.05 Å². The number of carbonyl (C=O) groups is 1. The maximum atomic E-state index is 13.0. The zero-order valence-electron chi connectivity index (χ0n) is 46.6. The molecule has 0 heterocycles. The number of unbranched alkanes of at least 4 members (excludes halogenated alkanes) is 44. The van der Waals surface area contributed by atoms with Crippen molar-refractivity contribution in [2.75, 3.05) is 40.9 Å². The highest BCUT2D eigenvalue weighted by molar-refractivity contribution is 7.45. The van der Waals surface area contributed by atoms with Gasteiger partial charge in [0.15, 0.2) is 0 Å². The van der Waals surface area contributed by atoms with Crippen LogP contribution in [0.2, 0.25) is 0 Å². The lowest BCUT2D eigenvalue weighted by Crippen LogP contribution is -2.46. The second kappa shape index (κ2) is 51.4. The Morgan fingerprint density at radius 2 is 0.721 bits per heavy atom. The number of likely N-dealkylation sites (N-methyl/N-ethyl adjacent to an activating group) is 1. The van der Waals surface area contributed by atoms with Crippen molar-refractivity contribution in [3.05, 3.63) is 0 Å². The highest BCUT2D eigenvalue weighted by Crippen LogP contribution is 2.38. The van der Waals surface area contributed by atoms with Crippen LogP contribution in [-0.2, 0) is 18.4 Å². The van der Waals surface area contributed by atoms with E-state index in [2.05, 4.69) is 19.2 Å². The first-order valence-corrected chi connectivity index (χ1v) is 31.8. The number of amides is 1. The highest BCUT2D eigenvalue weighted by Gasteiger charge is 2.24. The van der Waals surface area contributed by atoms with Gasteiger partial charge in [0.05, 0.1) is 39.9 Å². The van der Waals surface area contributed by atoms with Crippen LogP contribution in [-0.4, -0.2) is 68.5 Å². The molecule has 9 heteroatoms. The second-order valence-electron chi connectivity index (χ2n) is 22.4. The number of nitrogens with zero attached hydrogens (tertiary/aromatic N) is 1. The van der Waals surface area contributed by atoms with Crippen molar-refractivity contribution in [3.63, 3.8) is 0 Å². The number of nitrogens with one attached hydrogen (secondary N) is 1. The van der Waals surface area contributed by atoms with Gasteiger partial charge in [0, 0.05) is 6.42 Å². The van der Waals surface area contributed by atoms with Crippen molar-refractivity contribution in [1.82, 2.24) is 5.32 Å². The topological polar surface area (TPSA) is 108 Å². The van der Waals surface area contributed by atoms with Crippen molar-refractivity contribution in [1.29, 1.82) is 0 Å². The van der Waals surface area contributed by atoms with E-state index in [1.807, 2.05) is 21.1 Å². The molecule has 3 unspecified atom stereocenters. The largest absolute Gasteiger partial charge is 0.756 e. The number of quaternary nitrogens is 1. The van der Waals surface area contributed by atoms with E-state index in [9.17, 15) is 19.4 Å². The van der Waals surface area contributed by atoms with Crippen LogP contribution in [0.5, 0.6) is 0 Å². The summed E-state index contributed by atoms with van der Waals surface area (Å²) < 4.78 is 23.4. The van der Waals surface area contributed by atoms with Gasteiger partial charge in [-0.15, -0.1) is 0 Å². The Morgan fingerprint density at radius 1 is 0.456 bits per heavy atom. The number of carbonyl (C=O) groups excluding carboxylic acids is 1. The first-order chi connectivity index (χ1) is 33.0. The molecule has 0 aromatic heterocycles. The van der Waals surface area contributed by atoms with E-state index in [1.54, 1.807) is 0 Å². The van der Waals surface area contributed by atoms with Crippen LogP contribution in [0.3, 0.4) is 0 Å². The fraction of sp³-hybridized carbons (Fsp3) is 0.983. The summed E-state index contributed by atoms with van der Waals surface area (Å²) in [6.45, 7) is 4.77. The third-order valence-corrected chi connectivity index (χ3v) is 15.3. The summed E-state index contributed by atoms with van der Waals surface area (Å²) in [4.78, 5) is 25.5. The molecule has 408 valence electrons. The van der Waals surface area contributed by atoms with Crippen LogP contribution < -0.4 is 10.2 Å². The molecule has 68 heavy (non-hydrogen) atoms. The average Bonchev–Trinajstić information content (AvgIpc) is 3.30. The molecule has 0 aliphatic rings. The van der Waals surface area contributed by atoms with Crippen molar-refractivity contribution in [2.24, 2.45) is 0 Å². The van der Waals surface area contributed by atoms with Gasteiger partial charge in [-0.3, -0.25) is 9.36 Å². The van der Waals surface area contributed by atoms with Crippen molar-refractivity contribution < 1.29 is 32.9 Å². The average molecular weight is 986 g/mol. The summed E-state index contributed by atoms with van der Waals surface area (Å²) in [5.74, 6) is -0.157. The Labute approximate surface area is 425 Å². The van der Waals surface area contributed by atoms with Crippen molar-refractivity contribution in [2.45, 2.75) is 334 Å². The molecular formula is C59H121N2O6P. The molecule has 0 aromatic carbocycles. The predicted octanol–water partition coefficient (Wildman–Crippen LogP) is 17.8. The van der Waals surface area contributed by atoms with Gasteiger partial charge in [0.1, 0.15) is 13.2 Å². The first-order valence-electron chi connectivity index (χ1n) is 30.4. The van der Waals surface area contributed by atoms with Crippen molar-refractivity contribution >= 4 is 13.7 Å². The first kappa shape index (κ1) is 67.5. The van der Waals surface area contributed by atoms with E-state index >= 15 is 0 Å². The number of hydrogen-bond acceptors (Lipinski definition) is 6. The maximum absolute atomic E-state index is 13.0. The van der Waals surface area contributed by atoms with Gasteiger partial charge in [-0.05, 0) is 12.8 Å². The van der Waals surface area contributed by atoms with Gasteiger partial charge in [0.2, 0.25) is 5.91 Å². The predicted molar refractivity (Wildman–Crippen MR) is 293 cm³/mol. The standard InChI is InChI=1S/C59H121N2O6P/c1-6-8-10-12-14-16-18-20-22-23-24-25-26-27-28-29-30-31-32-33-34-35-36-37-38-39-41-43-45-47-49-51-53-59(63)60-57(56-67-68(64,65)66-55-54-61(3,4)5)58(62)52-50-48-46-44-42-40-21-19-17-15-13-11-9-7-2/h57-58,62H,6-56H2,1-5H3,(H-,60,63,64,65). The van der Waals surface area contributed by atoms with Crippen LogP contribution in [0, 0.1) is 0 Å². The quantitative estimate of drug-likeness (QED) is 0.0357. The third-order valence-electron chi connectivity index (χ3n) is 14.3. The summed E-state index contributed by atoms with van der Waals surface area (Å²) in [6.07, 6.45) is 61.6. The molecular weight excluding hydrogens is 864 g/mol. The Morgan fingerprint density at radius 3 is 1.00 bits per heavy atom. The van der Waals surface area contributed by atoms with Crippen LogP contribution in [0.25, 0.3) is 0 Å². The van der Waals surface area contributed by atoms with Crippen LogP contribution in [0.4, 0.5) is 0 Å². The Hall–Kier alpha value is -0.500. The molecule has 0 bridgehead atoms. The van der Waals surface area contributed by atoms with Gasteiger partial charge >= 0.3 is 0 Å². The Kier molecular flexibility index (Phi) is 51.0. The number of hydrogen-bond donors (Lipinski definition) is 2. The monoisotopic (exact) mass is 985 g/mol. The smallest absolute Gasteiger partial charge is 0.268 e.